The van der Waals surface area contributed by atoms with Crippen LogP contribution in [0, 0.1) is 19.8 Å². The SMILES string of the molecule is Cc1noc(C)c1CN1CCC2(O)CCN(S(C)(=O)=O)CC2C1. The highest BCUT2D eigenvalue weighted by Gasteiger charge is 2.46. The lowest BCUT2D eigenvalue weighted by Gasteiger charge is -2.49. The molecule has 1 N–H and O–H groups in total. The van der Waals surface area contributed by atoms with Crippen LogP contribution in [0.1, 0.15) is 29.9 Å². The zero-order chi connectivity index (χ0) is 16.8. The second-order valence-electron chi connectivity index (χ2n) is 6.96. The highest BCUT2D eigenvalue weighted by atomic mass is 32.2. The normalized spacial score (nSPS) is 30.3. The summed E-state index contributed by atoms with van der Waals surface area (Å²) in [5, 5.41) is 14.8. The third-order valence-corrected chi connectivity index (χ3v) is 6.62. The van der Waals surface area contributed by atoms with E-state index in [1.807, 2.05) is 13.8 Å². The molecule has 0 aliphatic carbocycles. The van der Waals surface area contributed by atoms with E-state index in [0.717, 1.165) is 30.1 Å². The molecule has 1 aromatic heterocycles. The lowest BCUT2D eigenvalue weighted by molar-refractivity contribution is -0.103. The Morgan fingerprint density at radius 1 is 1.30 bits per heavy atom. The molecule has 0 saturated carbocycles. The number of aromatic nitrogens is 1. The van der Waals surface area contributed by atoms with E-state index in [1.165, 1.54) is 10.6 Å². The Labute approximate surface area is 137 Å². The quantitative estimate of drug-likeness (QED) is 0.860. The van der Waals surface area contributed by atoms with Crippen LogP contribution in [-0.2, 0) is 16.6 Å². The number of hydrogen-bond donors (Lipinski definition) is 1. The molecule has 3 heterocycles. The van der Waals surface area contributed by atoms with Crippen LogP contribution in [0.5, 0.6) is 0 Å². The van der Waals surface area contributed by atoms with E-state index < -0.39 is 15.6 Å². The van der Waals surface area contributed by atoms with Crippen LogP contribution in [0.3, 0.4) is 0 Å². The molecular formula is C15H25N3O4S. The molecule has 1 aromatic rings. The lowest BCUT2D eigenvalue weighted by atomic mass is 9.76. The molecule has 2 atom stereocenters. The fraction of sp³-hybridized carbons (Fsp3) is 0.800. The van der Waals surface area contributed by atoms with E-state index in [-0.39, 0.29) is 5.92 Å². The summed E-state index contributed by atoms with van der Waals surface area (Å²) in [5.41, 5.74) is 1.24. The first-order valence-electron chi connectivity index (χ1n) is 8.01. The average molecular weight is 343 g/mol. The van der Waals surface area contributed by atoms with Gasteiger partial charge in [-0.2, -0.15) is 0 Å². The molecule has 0 bridgehead atoms. The molecule has 2 unspecified atom stereocenters. The zero-order valence-corrected chi connectivity index (χ0v) is 14.8. The fourth-order valence-electron chi connectivity index (χ4n) is 3.74. The number of fused-ring (bicyclic) bond motifs is 1. The van der Waals surface area contributed by atoms with Crippen LogP contribution in [0.15, 0.2) is 4.52 Å². The summed E-state index contributed by atoms with van der Waals surface area (Å²) in [7, 11) is -3.21. The van der Waals surface area contributed by atoms with Crippen LogP contribution in [0.4, 0.5) is 0 Å². The molecule has 2 aliphatic rings. The molecule has 8 heteroatoms. The number of sulfonamides is 1. The Morgan fingerprint density at radius 2 is 2.00 bits per heavy atom. The summed E-state index contributed by atoms with van der Waals surface area (Å²) in [6.07, 6.45) is 2.43. The van der Waals surface area contributed by atoms with Gasteiger partial charge in [0.1, 0.15) is 5.76 Å². The highest BCUT2D eigenvalue weighted by Crippen LogP contribution is 2.36. The average Bonchev–Trinajstić information content (AvgIpc) is 2.78. The van der Waals surface area contributed by atoms with Gasteiger partial charge >= 0.3 is 0 Å². The Bertz CT molecular complexity index is 667. The predicted molar refractivity (Wildman–Crippen MR) is 85.3 cm³/mol. The molecule has 2 aliphatic heterocycles. The van der Waals surface area contributed by atoms with Crippen LogP contribution < -0.4 is 0 Å². The highest BCUT2D eigenvalue weighted by molar-refractivity contribution is 7.88. The van der Waals surface area contributed by atoms with Crippen molar-refractivity contribution in [1.82, 2.24) is 14.4 Å². The summed E-state index contributed by atoms with van der Waals surface area (Å²) in [6.45, 7) is 6.86. The molecule has 2 fully saturated rings. The monoisotopic (exact) mass is 343 g/mol. The third kappa shape index (κ3) is 3.31. The molecule has 0 spiro atoms. The molecule has 0 aromatic carbocycles. The molecule has 0 amide bonds. The van der Waals surface area contributed by atoms with Gasteiger partial charge in [-0.15, -0.1) is 0 Å². The Morgan fingerprint density at radius 3 is 2.61 bits per heavy atom. The Balaban J connectivity index is 1.72. The fourth-order valence-corrected chi connectivity index (χ4v) is 4.61. The van der Waals surface area contributed by atoms with Crippen molar-refractivity contribution in [3.63, 3.8) is 0 Å². The van der Waals surface area contributed by atoms with E-state index in [0.29, 0.717) is 32.5 Å². The Kier molecular flexibility index (Phi) is 4.29. The number of piperidine rings is 2. The number of hydrogen-bond acceptors (Lipinski definition) is 6. The molecular weight excluding hydrogens is 318 g/mol. The summed E-state index contributed by atoms with van der Waals surface area (Å²) in [4.78, 5) is 2.26. The number of rotatable bonds is 3. The van der Waals surface area contributed by atoms with Crippen LogP contribution in [0.25, 0.3) is 0 Å². The second kappa shape index (κ2) is 5.84. The van der Waals surface area contributed by atoms with Gasteiger partial charge in [0.05, 0.1) is 17.6 Å². The van der Waals surface area contributed by atoms with Crippen molar-refractivity contribution in [2.75, 3.05) is 32.4 Å². The lowest BCUT2D eigenvalue weighted by Crippen LogP contribution is -2.60. The van der Waals surface area contributed by atoms with E-state index in [2.05, 4.69) is 10.1 Å². The standard InChI is InChI=1S/C15H25N3O4S/c1-11-14(12(2)22-16-11)10-17-6-4-15(19)5-7-18(23(3,20)21)9-13(15)8-17/h13,19H,4-10H2,1-3H3. The Hall–Kier alpha value is -0.960. The molecule has 3 rings (SSSR count). The zero-order valence-electron chi connectivity index (χ0n) is 13.9. The van der Waals surface area contributed by atoms with E-state index in [1.54, 1.807) is 0 Å². The van der Waals surface area contributed by atoms with Gasteiger partial charge in [-0.3, -0.25) is 4.90 Å². The van der Waals surface area contributed by atoms with E-state index in [9.17, 15) is 13.5 Å². The molecule has 0 radical (unpaired) electrons. The van der Waals surface area contributed by atoms with Crippen molar-refractivity contribution in [3.05, 3.63) is 17.0 Å². The minimum atomic E-state index is -3.21. The van der Waals surface area contributed by atoms with E-state index >= 15 is 0 Å². The van der Waals surface area contributed by atoms with Crippen LogP contribution in [0.2, 0.25) is 0 Å². The van der Waals surface area contributed by atoms with Gasteiger partial charge in [0, 0.05) is 44.2 Å². The number of aryl methyl sites for hydroxylation is 2. The first-order chi connectivity index (χ1) is 10.7. The van der Waals surface area contributed by atoms with Gasteiger partial charge in [0.25, 0.3) is 0 Å². The largest absolute Gasteiger partial charge is 0.389 e. The van der Waals surface area contributed by atoms with Crippen molar-refractivity contribution in [3.8, 4) is 0 Å². The van der Waals surface area contributed by atoms with Crippen molar-refractivity contribution in [2.45, 2.75) is 38.8 Å². The summed E-state index contributed by atoms with van der Waals surface area (Å²) in [5.74, 6) is 0.768. The topological polar surface area (TPSA) is 86.9 Å². The van der Waals surface area contributed by atoms with Gasteiger partial charge < -0.3 is 9.63 Å². The molecule has 2 saturated heterocycles. The minimum absolute atomic E-state index is 0.0554. The maximum Gasteiger partial charge on any atom is 0.211 e. The van der Waals surface area contributed by atoms with Crippen molar-refractivity contribution in [1.29, 1.82) is 0 Å². The maximum atomic E-state index is 11.8. The van der Waals surface area contributed by atoms with E-state index in [4.69, 9.17) is 4.52 Å². The number of aliphatic hydroxyl groups is 1. The van der Waals surface area contributed by atoms with Crippen LogP contribution >= 0.6 is 0 Å². The molecule has 23 heavy (non-hydrogen) atoms. The number of nitrogens with zero attached hydrogens (tertiary/aromatic N) is 3. The summed E-state index contributed by atoms with van der Waals surface area (Å²) in [6, 6.07) is 0. The number of likely N-dealkylation sites (tertiary alicyclic amines) is 1. The van der Waals surface area contributed by atoms with Gasteiger partial charge in [0.15, 0.2) is 0 Å². The van der Waals surface area contributed by atoms with Crippen LogP contribution in [-0.4, -0.2) is 65.9 Å². The van der Waals surface area contributed by atoms with Gasteiger partial charge in [0.2, 0.25) is 10.0 Å². The predicted octanol–water partition coefficient (Wildman–Crippen LogP) is 0.510. The summed E-state index contributed by atoms with van der Waals surface area (Å²) < 4.78 is 30.3. The molecule has 7 nitrogen and oxygen atoms in total. The smallest absolute Gasteiger partial charge is 0.211 e. The third-order valence-electron chi connectivity index (χ3n) is 5.35. The molecule has 130 valence electrons. The van der Waals surface area contributed by atoms with Gasteiger partial charge in [-0.05, 0) is 26.7 Å². The van der Waals surface area contributed by atoms with Gasteiger partial charge in [-0.1, -0.05) is 5.16 Å². The second-order valence-corrected chi connectivity index (χ2v) is 8.94. The maximum absolute atomic E-state index is 11.8. The van der Waals surface area contributed by atoms with Gasteiger partial charge in [-0.25, -0.2) is 12.7 Å². The van der Waals surface area contributed by atoms with Crippen molar-refractivity contribution < 1.29 is 18.0 Å². The summed E-state index contributed by atoms with van der Waals surface area (Å²) >= 11 is 0. The van der Waals surface area contributed by atoms with Crippen molar-refractivity contribution in [2.24, 2.45) is 5.92 Å². The first-order valence-corrected chi connectivity index (χ1v) is 9.85. The van der Waals surface area contributed by atoms with Crippen molar-refractivity contribution >= 4 is 10.0 Å². The first kappa shape index (κ1) is 16.9. The minimum Gasteiger partial charge on any atom is -0.389 e.